The van der Waals surface area contributed by atoms with E-state index in [2.05, 4.69) is 53.3 Å². The molecule has 1 amide bonds. The van der Waals surface area contributed by atoms with E-state index >= 15 is 0 Å². The van der Waals surface area contributed by atoms with E-state index in [4.69, 9.17) is 4.74 Å². The Labute approximate surface area is 149 Å². The standard InChI is InChI=1S/C20H25N3O2/c1-3-18(16-6-4-15(2)5-7-16)22-20(24)17-8-9-19(21-14-17)23-10-12-25-13-11-23/h4-9,14,18H,3,10-13H2,1-2H3,(H,22,24)/t18-/m1/s1. The first-order chi connectivity index (χ1) is 12.2. The number of ether oxygens (including phenoxy) is 1. The number of aromatic nitrogens is 1. The van der Waals surface area contributed by atoms with Gasteiger partial charge in [0.15, 0.2) is 0 Å². The monoisotopic (exact) mass is 339 g/mol. The zero-order valence-electron chi connectivity index (χ0n) is 14.9. The fraction of sp³-hybridized carbons (Fsp3) is 0.400. The number of pyridine rings is 1. The average molecular weight is 339 g/mol. The summed E-state index contributed by atoms with van der Waals surface area (Å²) in [5.41, 5.74) is 2.93. The molecular weight excluding hydrogens is 314 g/mol. The topological polar surface area (TPSA) is 54.5 Å². The molecule has 0 radical (unpaired) electrons. The van der Waals surface area contributed by atoms with Crippen molar-refractivity contribution in [1.29, 1.82) is 0 Å². The van der Waals surface area contributed by atoms with Crippen molar-refractivity contribution in [3.63, 3.8) is 0 Å². The Hall–Kier alpha value is -2.40. The van der Waals surface area contributed by atoms with Gasteiger partial charge >= 0.3 is 0 Å². The van der Waals surface area contributed by atoms with Crippen molar-refractivity contribution in [3.8, 4) is 0 Å². The molecule has 1 saturated heterocycles. The van der Waals surface area contributed by atoms with Crippen LogP contribution >= 0.6 is 0 Å². The van der Waals surface area contributed by atoms with Crippen LogP contribution in [0.25, 0.3) is 0 Å². The van der Waals surface area contributed by atoms with Crippen LogP contribution in [-0.2, 0) is 4.74 Å². The lowest BCUT2D eigenvalue weighted by molar-refractivity contribution is 0.0935. The molecule has 2 aromatic rings. The average Bonchev–Trinajstić information content (AvgIpc) is 2.67. The predicted molar refractivity (Wildman–Crippen MR) is 98.9 cm³/mol. The van der Waals surface area contributed by atoms with Crippen LogP contribution < -0.4 is 10.2 Å². The van der Waals surface area contributed by atoms with Gasteiger partial charge in [-0.05, 0) is 31.0 Å². The van der Waals surface area contributed by atoms with E-state index in [1.165, 1.54) is 5.56 Å². The summed E-state index contributed by atoms with van der Waals surface area (Å²) in [5.74, 6) is 0.805. The maximum atomic E-state index is 12.6. The smallest absolute Gasteiger partial charge is 0.253 e. The number of carbonyl (C=O) groups is 1. The molecule has 1 fully saturated rings. The van der Waals surface area contributed by atoms with Gasteiger partial charge in [-0.2, -0.15) is 0 Å². The lowest BCUT2D eigenvalue weighted by atomic mass is 10.0. The predicted octanol–water partition coefficient (Wildman–Crippen LogP) is 3.11. The number of nitrogens with one attached hydrogen (secondary N) is 1. The number of morpholine rings is 1. The first-order valence-electron chi connectivity index (χ1n) is 8.83. The zero-order valence-corrected chi connectivity index (χ0v) is 14.9. The van der Waals surface area contributed by atoms with E-state index in [9.17, 15) is 4.79 Å². The third kappa shape index (κ3) is 4.37. The molecule has 1 aliphatic rings. The van der Waals surface area contributed by atoms with Gasteiger partial charge in [0.2, 0.25) is 0 Å². The molecule has 132 valence electrons. The number of aryl methyl sites for hydroxylation is 1. The van der Waals surface area contributed by atoms with Crippen molar-refractivity contribution in [2.24, 2.45) is 0 Å². The Balaban J connectivity index is 1.66. The molecule has 0 aliphatic carbocycles. The molecule has 0 unspecified atom stereocenters. The first-order valence-corrected chi connectivity index (χ1v) is 8.83. The number of rotatable bonds is 5. The second-order valence-electron chi connectivity index (χ2n) is 6.35. The highest BCUT2D eigenvalue weighted by molar-refractivity contribution is 5.94. The number of amides is 1. The maximum Gasteiger partial charge on any atom is 0.253 e. The van der Waals surface area contributed by atoms with Crippen LogP contribution in [0.3, 0.4) is 0 Å². The molecule has 2 heterocycles. The second kappa shape index (κ2) is 8.12. The molecule has 1 aliphatic heterocycles. The van der Waals surface area contributed by atoms with Crippen LogP contribution in [0.4, 0.5) is 5.82 Å². The highest BCUT2D eigenvalue weighted by Crippen LogP contribution is 2.18. The Morgan fingerprint density at radius 2 is 1.92 bits per heavy atom. The maximum absolute atomic E-state index is 12.6. The summed E-state index contributed by atoms with van der Waals surface area (Å²) in [4.78, 5) is 19.2. The molecule has 0 spiro atoms. The number of nitrogens with zero attached hydrogens (tertiary/aromatic N) is 2. The minimum Gasteiger partial charge on any atom is -0.378 e. The molecular formula is C20H25N3O2. The van der Waals surface area contributed by atoms with Crippen LogP contribution in [0.2, 0.25) is 0 Å². The highest BCUT2D eigenvalue weighted by atomic mass is 16.5. The molecule has 1 atom stereocenters. The Morgan fingerprint density at radius 1 is 1.20 bits per heavy atom. The normalized spacial score (nSPS) is 15.7. The van der Waals surface area contributed by atoms with Crippen LogP contribution in [0.15, 0.2) is 42.6 Å². The van der Waals surface area contributed by atoms with Gasteiger partial charge in [0.25, 0.3) is 5.91 Å². The van der Waals surface area contributed by atoms with Gasteiger partial charge in [-0.3, -0.25) is 4.79 Å². The molecule has 1 aromatic carbocycles. The number of benzene rings is 1. The van der Waals surface area contributed by atoms with Crippen molar-refractivity contribution in [1.82, 2.24) is 10.3 Å². The second-order valence-corrected chi connectivity index (χ2v) is 6.35. The Bertz CT molecular complexity index is 692. The van der Waals surface area contributed by atoms with Gasteiger partial charge < -0.3 is 15.0 Å². The van der Waals surface area contributed by atoms with Crippen LogP contribution in [0, 0.1) is 6.92 Å². The molecule has 5 heteroatoms. The molecule has 5 nitrogen and oxygen atoms in total. The van der Waals surface area contributed by atoms with Crippen LogP contribution in [-0.4, -0.2) is 37.2 Å². The summed E-state index contributed by atoms with van der Waals surface area (Å²) in [7, 11) is 0. The molecule has 0 saturated carbocycles. The summed E-state index contributed by atoms with van der Waals surface area (Å²) >= 11 is 0. The van der Waals surface area contributed by atoms with Gasteiger partial charge in [0, 0.05) is 19.3 Å². The van der Waals surface area contributed by atoms with Crippen LogP contribution in [0.1, 0.15) is 40.9 Å². The lowest BCUT2D eigenvalue weighted by Crippen LogP contribution is -2.36. The minimum atomic E-state index is -0.0894. The quantitative estimate of drug-likeness (QED) is 0.909. The lowest BCUT2D eigenvalue weighted by Gasteiger charge is -2.27. The fourth-order valence-electron chi connectivity index (χ4n) is 2.96. The van der Waals surface area contributed by atoms with Crippen molar-refractivity contribution in [2.45, 2.75) is 26.3 Å². The number of hydrogen-bond acceptors (Lipinski definition) is 4. The summed E-state index contributed by atoms with van der Waals surface area (Å²) in [6, 6.07) is 12.0. The van der Waals surface area contributed by atoms with E-state index in [-0.39, 0.29) is 11.9 Å². The van der Waals surface area contributed by atoms with Crippen molar-refractivity contribution in [2.75, 3.05) is 31.2 Å². The summed E-state index contributed by atoms with van der Waals surface area (Å²) in [6.45, 7) is 7.25. The van der Waals surface area contributed by atoms with Gasteiger partial charge in [-0.25, -0.2) is 4.98 Å². The summed E-state index contributed by atoms with van der Waals surface area (Å²) in [6.07, 6.45) is 2.50. The van der Waals surface area contributed by atoms with Crippen molar-refractivity contribution < 1.29 is 9.53 Å². The first kappa shape index (κ1) is 17.4. The largest absolute Gasteiger partial charge is 0.378 e. The SMILES string of the molecule is CC[C@@H](NC(=O)c1ccc(N2CCOCC2)nc1)c1ccc(C)cc1. The minimum absolute atomic E-state index is 0.00650. The summed E-state index contributed by atoms with van der Waals surface area (Å²) in [5, 5.41) is 3.11. The molecule has 1 aromatic heterocycles. The molecule has 0 bridgehead atoms. The highest BCUT2D eigenvalue weighted by Gasteiger charge is 2.16. The van der Waals surface area contributed by atoms with E-state index < -0.39 is 0 Å². The number of carbonyl (C=O) groups excluding carboxylic acids is 1. The van der Waals surface area contributed by atoms with Gasteiger partial charge in [0.05, 0.1) is 24.8 Å². The summed E-state index contributed by atoms with van der Waals surface area (Å²) < 4.78 is 5.36. The Morgan fingerprint density at radius 3 is 2.52 bits per heavy atom. The van der Waals surface area contributed by atoms with E-state index in [0.717, 1.165) is 44.1 Å². The zero-order chi connectivity index (χ0) is 17.6. The van der Waals surface area contributed by atoms with E-state index in [1.54, 1.807) is 6.20 Å². The Kier molecular flexibility index (Phi) is 5.66. The van der Waals surface area contributed by atoms with Gasteiger partial charge in [-0.15, -0.1) is 0 Å². The van der Waals surface area contributed by atoms with Crippen LogP contribution in [0.5, 0.6) is 0 Å². The molecule has 3 rings (SSSR count). The van der Waals surface area contributed by atoms with Crippen molar-refractivity contribution in [3.05, 3.63) is 59.3 Å². The van der Waals surface area contributed by atoms with Gasteiger partial charge in [0.1, 0.15) is 5.82 Å². The third-order valence-corrected chi connectivity index (χ3v) is 4.54. The molecule has 1 N–H and O–H groups in total. The third-order valence-electron chi connectivity index (χ3n) is 4.54. The fourth-order valence-corrected chi connectivity index (χ4v) is 2.96. The number of hydrogen-bond donors (Lipinski definition) is 1. The molecule has 25 heavy (non-hydrogen) atoms. The van der Waals surface area contributed by atoms with Crippen molar-refractivity contribution >= 4 is 11.7 Å². The van der Waals surface area contributed by atoms with E-state index in [1.807, 2.05) is 12.1 Å². The van der Waals surface area contributed by atoms with E-state index in [0.29, 0.717) is 5.56 Å². The number of anilines is 1. The van der Waals surface area contributed by atoms with Gasteiger partial charge in [-0.1, -0.05) is 36.8 Å².